The molecule has 7 heteroatoms. The summed E-state index contributed by atoms with van der Waals surface area (Å²) in [5.41, 5.74) is 2.60. The lowest BCUT2D eigenvalue weighted by Crippen LogP contribution is -2.35. The first kappa shape index (κ1) is 19.4. The molecule has 1 aliphatic heterocycles. The number of amides is 2. The molecule has 7 nitrogen and oxygen atoms in total. The summed E-state index contributed by atoms with van der Waals surface area (Å²) in [4.78, 5) is 36.7. The van der Waals surface area contributed by atoms with Crippen molar-refractivity contribution in [3.63, 3.8) is 0 Å². The highest BCUT2D eigenvalue weighted by atomic mass is 16.5. The van der Waals surface area contributed by atoms with Gasteiger partial charge in [-0.1, -0.05) is 6.92 Å². The maximum Gasteiger partial charge on any atom is 0.349 e. The number of nitrogens with zero attached hydrogens (tertiary/aromatic N) is 3. The molecule has 138 valence electrons. The Morgan fingerprint density at radius 3 is 2.69 bits per heavy atom. The molecule has 0 saturated carbocycles. The second-order valence-corrected chi connectivity index (χ2v) is 6.27. The molecule has 1 aromatic rings. The zero-order valence-corrected chi connectivity index (χ0v) is 15.4. The van der Waals surface area contributed by atoms with Gasteiger partial charge in [-0.2, -0.15) is 5.26 Å². The van der Waals surface area contributed by atoms with Crippen LogP contribution in [-0.2, 0) is 25.7 Å². The van der Waals surface area contributed by atoms with Crippen LogP contribution in [-0.4, -0.2) is 40.4 Å². The average Bonchev–Trinajstić information content (AvgIpc) is 3.15. The zero-order valence-electron chi connectivity index (χ0n) is 15.4. The van der Waals surface area contributed by atoms with Gasteiger partial charge in [0.1, 0.15) is 11.6 Å². The van der Waals surface area contributed by atoms with Gasteiger partial charge in [-0.05, 0) is 44.4 Å². The molecular formula is C19H23N3O4. The van der Waals surface area contributed by atoms with E-state index in [1.165, 1.54) is 6.08 Å². The van der Waals surface area contributed by atoms with Crippen molar-refractivity contribution < 1.29 is 19.1 Å². The fourth-order valence-corrected chi connectivity index (χ4v) is 3.03. The summed E-state index contributed by atoms with van der Waals surface area (Å²) < 4.78 is 7.05. The molecular weight excluding hydrogens is 334 g/mol. The van der Waals surface area contributed by atoms with Gasteiger partial charge < -0.3 is 9.30 Å². The predicted molar refractivity (Wildman–Crippen MR) is 94.7 cm³/mol. The summed E-state index contributed by atoms with van der Waals surface area (Å²) in [6.45, 7) is 6.64. The first-order chi connectivity index (χ1) is 12.4. The molecule has 0 N–H and O–H groups in total. The van der Waals surface area contributed by atoms with Crippen molar-refractivity contribution in [2.24, 2.45) is 0 Å². The van der Waals surface area contributed by atoms with E-state index in [1.807, 2.05) is 26.0 Å². The van der Waals surface area contributed by atoms with E-state index in [0.717, 1.165) is 34.8 Å². The Bertz CT molecular complexity index is 798. The molecule has 0 bridgehead atoms. The molecule has 0 atom stereocenters. The maximum absolute atomic E-state index is 12.1. The molecule has 1 fully saturated rings. The monoisotopic (exact) mass is 357 g/mol. The highest BCUT2D eigenvalue weighted by Gasteiger charge is 2.27. The Balaban J connectivity index is 2.08. The van der Waals surface area contributed by atoms with E-state index in [2.05, 4.69) is 11.5 Å². The lowest BCUT2D eigenvalue weighted by atomic mass is 10.1. The number of ether oxygens (including phenoxy) is 1. The second-order valence-electron chi connectivity index (χ2n) is 6.27. The van der Waals surface area contributed by atoms with Crippen LogP contribution in [0.25, 0.3) is 6.08 Å². The minimum atomic E-state index is -0.868. The largest absolute Gasteiger partial charge is 0.451 e. The molecule has 2 amide bonds. The van der Waals surface area contributed by atoms with Gasteiger partial charge in [0, 0.05) is 30.9 Å². The van der Waals surface area contributed by atoms with E-state index in [0.29, 0.717) is 19.4 Å². The van der Waals surface area contributed by atoms with Crippen molar-refractivity contribution in [1.29, 1.82) is 5.26 Å². The molecule has 1 aromatic heterocycles. The standard InChI is InChI=1S/C19H23N3O4/c1-4-7-21-13(2)9-15(14(21)3)10-16(11-20)19(25)26-12-18(24)22-8-5-6-17(22)23/h9-10H,4-8,12H2,1-3H3/b16-10+. The fraction of sp³-hybridized carbons (Fsp3) is 0.474. The van der Waals surface area contributed by atoms with Crippen LogP contribution in [0.4, 0.5) is 0 Å². The number of hydrogen-bond acceptors (Lipinski definition) is 5. The highest BCUT2D eigenvalue weighted by Crippen LogP contribution is 2.19. The summed E-state index contributed by atoms with van der Waals surface area (Å²) in [6, 6.07) is 3.73. The lowest BCUT2D eigenvalue weighted by Gasteiger charge is -2.13. The van der Waals surface area contributed by atoms with Crippen LogP contribution in [0.1, 0.15) is 43.1 Å². The molecule has 0 aromatic carbocycles. The van der Waals surface area contributed by atoms with Crippen molar-refractivity contribution in [1.82, 2.24) is 9.47 Å². The Morgan fingerprint density at radius 2 is 2.12 bits per heavy atom. The van der Waals surface area contributed by atoms with E-state index in [-0.39, 0.29) is 11.5 Å². The molecule has 2 heterocycles. The van der Waals surface area contributed by atoms with Crippen LogP contribution >= 0.6 is 0 Å². The topological polar surface area (TPSA) is 92.4 Å². The van der Waals surface area contributed by atoms with Gasteiger partial charge in [-0.3, -0.25) is 14.5 Å². The third kappa shape index (κ3) is 4.20. The average molecular weight is 357 g/mol. The summed E-state index contributed by atoms with van der Waals surface area (Å²) >= 11 is 0. The molecule has 1 saturated heterocycles. The number of esters is 1. The van der Waals surface area contributed by atoms with Crippen LogP contribution in [0.3, 0.4) is 0 Å². The third-order valence-electron chi connectivity index (χ3n) is 4.40. The van der Waals surface area contributed by atoms with Crippen molar-refractivity contribution in [3.8, 4) is 6.07 Å². The van der Waals surface area contributed by atoms with Crippen LogP contribution in [0.15, 0.2) is 11.6 Å². The molecule has 0 aliphatic carbocycles. The lowest BCUT2D eigenvalue weighted by molar-refractivity contribution is -0.152. The Labute approximate surface area is 152 Å². The van der Waals surface area contributed by atoms with Gasteiger partial charge in [-0.25, -0.2) is 4.79 Å². The Morgan fingerprint density at radius 1 is 1.38 bits per heavy atom. The summed E-state index contributed by atoms with van der Waals surface area (Å²) in [5.74, 6) is -1.68. The fourth-order valence-electron chi connectivity index (χ4n) is 3.03. The normalized spacial score (nSPS) is 14.5. The van der Waals surface area contributed by atoms with E-state index in [1.54, 1.807) is 0 Å². The van der Waals surface area contributed by atoms with E-state index in [9.17, 15) is 19.6 Å². The van der Waals surface area contributed by atoms with Crippen molar-refractivity contribution in [2.75, 3.05) is 13.2 Å². The van der Waals surface area contributed by atoms with Crippen LogP contribution < -0.4 is 0 Å². The second kappa shape index (κ2) is 8.48. The SMILES string of the molecule is CCCn1c(C)cc(/C=C(\C#N)C(=O)OCC(=O)N2CCCC2=O)c1C. The Hall–Kier alpha value is -2.88. The number of nitriles is 1. The van der Waals surface area contributed by atoms with Gasteiger partial charge in [0.05, 0.1) is 0 Å². The van der Waals surface area contributed by atoms with Crippen molar-refractivity contribution in [2.45, 2.75) is 46.6 Å². The molecule has 2 rings (SSSR count). The van der Waals surface area contributed by atoms with Crippen LogP contribution in [0.2, 0.25) is 0 Å². The molecule has 0 spiro atoms. The number of likely N-dealkylation sites (tertiary alicyclic amines) is 1. The van der Waals surface area contributed by atoms with Crippen molar-refractivity contribution in [3.05, 3.63) is 28.6 Å². The van der Waals surface area contributed by atoms with Gasteiger partial charge in [-0.15, -0.1) is 0 Å². The Kier molecular flexibility index (Phi) is 6.34. The van der Waals surface area contributed by atoms with Gasteiger partial charge in [0.2, 0.25) is 5.91 Å². The number of aryl methyl sites for hydroxylation is 1. The number of rotatable bonds is 6. The number of aromatic nitrogens is 1. The number of imide groups is 1. The first-order valence-corrected chi connectivity index (χ1v) is 8.67. The van der Waals surface area contributed by atoms with Crippen LogP contribution in [0.5, 0.6) is 0 Å². The van der Waals surface area contributed by atoms with E-state index >= 15 is 0 Å². The quantitative estimate of drug-likeness (QED) is 0.442. The molecule has 1 aliphatic rings. The first-order valence-electron chi connectivity index (χ1n) is 8.67. The number of carbonyl (C=O) groups is 3. The van der Waals surface area contributed by atoms with E-state index < -0.39 is 18.5 Å². The van der Waals surface area contributed by atoms with E-state index in [4.69, 9.17) is 4.74 Å². The number of hydrogen-bond donors (Lipinski definition) is 0. The molecule has 0 unspecified atom stereocenters. The van der Waals surface area contributed by atoms with Gasteiger partial charge >= 0.3 is 5.97 Å². The van der Waals surface area contributed by atoms with Crippen molar-refractivity contribution >= 4 is 23.9 Å². The molecule has 26 heavy (non-hydrogen) atoms. The summed E-state index contributed by atoms with van der Waals surface area (Å²) in [5, 5.41) is 9.27. The summed E-state index contributed by atoms with van der Waals surface area (Å²) in [7, 11) is 0. The smallest absolute Gasteiger partial charge is 0.349 e. The number of carbonyl (C=O) groups excluding carboxylic acids is 3. The minimum absolute atomic E-state index is 0.178. The predicted octanol–water partition coefficient (Wildman–Crippen LogP) is 2.11. The third-order valence-corrected chi connectivity index (χ3v) is 4.40. The van der Waals surface area contributed by atoms with Gasteiger partial charge in [0.15, 0.2) is 6.61 Å². The highest BCUT2D eigenvalue weighted by molar-refractivity contribution is 6.01. The zero-order chi connectivity index (χ0) is 19.3. The molecule has 0 radical (unpaired) electrons. The maximum atomic E-state index is 12.1. The summed E-state index contributed by atoms with van der Waals surface area (Å²) in [6.07, 6.45) is 3.40. The van der Waals surface area contributed by atoms with Gasteiger partial charge in [0.25, 0.3) is 5.91 Å². The van der Waals surface area contributed by atoms with Crippen LogP contribution in [0, 0.1) is 25.2 Å². The minimum Gasteiger partial charge on any atom is -0.451 e.